The maximum atomic E-state index is 10.2. The first-order valence-corrected chi connectivity index (χ1v) is 8.35. The molecular formula is C18H29NO3. The Balaban J connectivity index is 1.71. The monoisotopic (exact) mass is 307 g/mol. The Labute approximate surface area is 134 Å². The predicted octanol–water partition coefficient (Wildman–Crippen LogP) is 2.84. The summed E-state index contributed by atoms with van der Waals surface area (Å²) < 4.78 is 10.9. The van der Waals surface area contributed by atoms with E-state index in [2.05, 4.69) is 11.8 Å². The van der Waals surface area contributed by atoms with Crippen molar-refractivity contribution in [1.82, 2.24) is 4.90 Å². The lowest BCUT2D eigenvalue weighted by Crippen LogP contribution is -2.44. The first kappa shape index (κ1) is 17.3. The smallest absolute Gasteiger partial charge is 0.119 e. The Hall–Kier alpha value is -1.10. The first-order valence-electron chi connectivity index (χ1n) is 8.35. The number of aliphatic hydroxyl groups is 1. The molecule has 2 atom stereocenters. The van der Waals surface area contributed by atoms with Gasteiger partial charge in [-0.3, -0.25) is 4.90 Å². The summed E-state index contributed by atoms with van der Waals surface area (Å²) in [5.41, 5.74) is 1.07. The summed E-state index contributed by atoms with van der Waals surface area (Å²) >= 11 is 0. The molecule has 1 aliphatic rings. The van der Waals surface area contributed by atoms with Crippen LogP contribution >= 0.6 is 0 Å². The number of rotatable bonds is 8. The van der Waals surface area contributed by atoms with Crippen molar-refractivity contribution in [3.05, 3.63) is 29.8 Å². The third-order valence-corrected chi connectivity index (χ3v) is 4.38. The molecule has 22 heavy (non-hydrogen) atoms. The minimum atomic E-state index is -0.419. The van der Waals surface area contributed by atoms with Gasteiger partial charge in [-0.2, -0.15) is 0 Å². The number of methoxy groups -OCH3 is 1. The molecule has 1 fully saturated rings. The van der Waals surface area contributed by atoms with Gasteiger partial charge in [0.25, 0.3) is 0 Å². The standard InChI is InChI=1S/C18H29NO3/c1-3-16-8-4-5-10-19(16)12-17(20)14-22-13-15-7-6-9-18(11-15)21-2/h6-7,9,11,16-17,20H,3-5,8,10,12-14H2,1-2H3/t16-,17-/m0/s1. The Bertz CT molecular complexity index is 438. The second-order valence-corrected chi connectivity index (χ2v) is 6.07. The summed E-state index contributed by atoms with van der Waals surface area (Å²) in [4.78, 5) is 2.42. The normalized spacial score (nSPS) is 20.8. The number of aliphatic hydroxyl groups excluding tert-OH is 1. The lowest BCUT2D eigenvalue weighted by Gasteiger charge is -2.36. The van der Waals surface area contributed by atoms with E-state index in [4.69, 9.17) is 9.47 Å². The number of likely N-dealkylation sites (tertiary alicyclic amines) is 1. The molecule has 0 radical (unpaired) electrons. The van der Waals surface area contributed by atoms with Crippen LogP contribution in [0.1, 0.15) is 38.2 Å². The third-order valence-electron chi connectivity index (χ3n) is 4.38. The summed E-state index contributed by atoms with van der Waals surface area (Å²) in [6.07, 6.45) is 4.56. The van der Waals surface area contributed by atoms with E-state index in [9.17, 15) is 5.11 Å². The van der Waals surface area contributed by atoms with Gasteiger partial charge in [0.1, 0.15) is 5.75 Å². The van der Waals surface area contributed by atoms with E-state index >= 15 is 0 Å². The van der Waals surface area contributed by atoms with Crippen molar-refractivity contribution in [2.24, 2.45) is 0 Å². The maximum Gasteiger partial charge on any atom is 0.119 e. The van der Waals surface area contributed by atoms with Crippen LogP contribution in [0.15, 0.2) is 24.3 Å². The van der Waals surface area contributed by atoms with Gasteiger partial charge < -0.3 is 14.6 Å². The van der Waals surface area contributed by atoms with E-state index in [-0.39, 0.29) is 0 Å². The molecule has 0 amide bonds. The number of nitrogens with zero attached hydrogens (tertiary/aromatic N) is 1. The molecule has 0 aromatic heterocycles. The summed E-state index contributed by atoms with van der Waals surface area (Å²) in [6, 6.07) is 8.46. The van der Waals surface area contributed by atoms with Gasteiger partial charge in [0.05, 0.1) is 26.4 Å². The fourth-order valence-electron chi connectivity index (χ4n) is 3.16. The fraction of sp³-hybridized carbons (Fsp3) is 0.667. The van der Waals surface area contributed by atoms with Crippen molar-refractivity contribution in [3.63, 3.8) is 0 Å². The van der Waals surface area contributed by atoms with Gasteiger partial charge >= 0.3 is 0 Å². The Kier molecular flexibility index (Phi) is 7.16. The predicted molar refractivity (Wildman–Crippen MR) is 88.2 cm³/mol. The van der Waals surface area contributed by atoms with E-state index in [1.807, 2.05) is 24.3 Å². The van der Waals surface area contributed by atoms with Crippen molar-refractivity contribution in [2.75, 3.05) is 26.8 Å². The molecule has 1 aliphatic heterocycles. The number of hydrogen-bond donors (Lipinski definition) is 1. The lowest BCUT2D eigenvalue weighted by molar-refractivity contribution is -0.00379. The number of benzene rings is 1. The molecule has 1 saturated heterocycles. The number of β-amino-alcohol motifs (C(OH)–C–C–N with tert-alkyl or cyclic N) is 1. The van der Waals surface area contributed by atoms with Gasteiger partial charge in [0.15, 0.2) is 0 Å². The van der Waals surface area contributed by atoms with Crippen LogP contribution in [0.2, 0.25) is 0 Å². The molecule has 1 aromatic carbocycles. The van der Waals surface area contributed by atoms with Gasteiger partial charge in [-0.15, -0.1) is 0 Å². The lowest BCUT2D eigenvalue weighted by atomic mass is 10.00. The van der Waals surface area contributed by atoms with E-state index in [1.54, 1.807) is 7.11 Å². The topological polar surface area (TPSA) is 41.9 Å². The molecule has 1 N–H and O–H groups in total. The molecule has 4 nitrogen and oxygen atoms in total. The molecule has 0 bridgehead atoms. The van der Waals surface area contributed by atoms with Gasteiger partial charge in [-0.1, -0.05) is 25.5 Å². The zero-order chi connectivity index (χ0) is 15.8. The first-order chi connectivity index (χ1) is 10.7. The van der Waals surface area contributed by atoms with Gasteiger partial charge in [-0.05, 0) is 43.5 Å². The molecule has 124 valence electrons. The molecule has 0 saturated carbocycles. The van der Waals surface area contributed by atoms with Crippen molar-refractivity contribution < 1.29 is 14.6 Å². The summed E-state index contributed by atoms with van der Waals surface area (Å²) in [6.45, 7) is 4.94. The number of piperidine rings is 1. The third kappa shape index (κ3) is 5.27. The van der Waals surface area contributed by atoms with E-state index in [0.717, 1.165) is 30.8 Å². The summed E-state index contributed by atoms with van der Waals surface area (Å²) in [5, 5.41) is 10.2. The van der Waals surface area contributed by atoms with Gasteiger partial charge in [-0.25, -0.2) is 0 Å². The minimum absolute atomic E-state index is 0.379. The quantitative estimate of drug-likeness (QED) is 0.802. The number of ether oxygens (including phenoxy) is 2. The van der Waals surface area contributed by atoms with E-state index in [0.29, 0.717) is 19.3 Å². The van der Waals surface area contributed by atoms with Crippen LogP contribution in [0.4, 0.5) is 0 Å². The molecule has 1 aromatic rings. The summed E-state index contributed by atoms with van der Waals surface area (Å²) in [7, 11) is 1.66. The second kappa shape index (κ2) is 9.13. The van der Waals surface area contributed by atoms with Crippen molar-refractivity contribution in [1.29, 1.82) is 0 Å². The van der Waals surface area contributed by atoms with Crippen LogP contribution in [0.3, 0.4) is 0 Å². The molecule has 0 aliphatic carbocycles. The Morgan fingerprint density at radius 3 is 3.00 bits per heavy atom. The minimum Gasteiger partial charge on any atom is -0.497 e. The van der Waals surface area contributed by atoms with Crippen LogP contribution in [0.5, 0.6) is 5.75 Å². The van der Waals surface area contributed by atoms with Crippen LogP contribution in [-0.4, -0.2) is 49.0 Å². The highest BCUT2D eigenvalue weighted by molar-refractivity contribution is 5.27. The Morgan fingerprint density at radius 1 is 1.36 bits per heavy atom. The van der Waals surface area contributed by atoms with E-state index < -0.39 is 6.10 Å². The van der Waals surface area contributed by atoms with Crippen LogP contribution < -0.4 is 4.74 Å². The van der Waals surface area contributed by atoms with Gasteiger partial charge in [0.2, 0.25) is 0 Å². The zero-order valence-electron chi connectivity index (χ0n) is 13.8. The van der Waals surface area contributed by atoms with Crippen LogP contribution in [-0.2, 0) is 11.3 Å². The van der Waals surface area contributed by atoms with Crippen LogP contribution in [0, 0.1) is 0 Å². The maximum absolute atomic E-state index is 10.2. The largest absolute Gasteiger partial charge is 0.497 e. The second-order valence-electron chi connectivity index (χ2n) is 6.07. The average Bonchev–Trinajstić information content (AvgIpc) is 2.55. The highest BCUT2D eigenvalue weighted by Crippen LogP contribution is 2.19. The molecule has 0 unspecified atom stereocenters. The highest BCUT2D eigenvalue weighted by atomic mass is 16.5. The van der Waals surface area contributed by atoms with Crippen molar-refractivity contribution in [3.8, 4) is 5.75 Å². The molecule has 1 heterocycles. The van der Waals surface area contributed by atoms with Gasteiger partial charge in [0, 0.05) is 12.6 Å². The average molecular weight is 307 g/mol. The SMILES string of the molecule is CC[C@H]1CCCCN1C[C@H](O)COCc1cccc(OC)c1. The van der Waals surface area contributed by atoms with Crippen molar-refractivity contribution >= 4 is 0 Å². The zero-order valence-corrected chi connectivity index (χ0v) is 13.8. The molecule has 4 heteroatoms. The van der Waals surface area contributed by atoms with E-state index in [1.165, 1.54) is 19.3 Å². The molecule has 2 rings (SSSR count). The molecule has 0 spiro atoms. The summed E-state index contributed by atoms with van der Waals surface area (Å²) in [5.74, 6) is 0.834. The molecular weight excluding hydrogens is 278 g/mol. The fourth-order valence-corrected chi connectivity index (χ4v) is 3.16. The van der Waals surface area contributed by atoms with Crippen molar-refractivity contribution in [2.45, 2.75) is 51.4 Å². The highest BCUT2D eigenvalue weighted by Gasteiger charge is 2.22. The van der Waals surface area contributed by atoms with Crippen LogP contribution in [0.25, 0.3) is 0 Å². The Morgan fingerprint density at radius 2 is 2.23 bits per heavy atom. The number of hydrogen-bond acceptors (Lipinski definition) is 4.